The van der Waals surface area contributed by atoms with E-state index in [1.54, 1.807) is 24.0 Å². The first-order valence-electron chi connectivity index (χ1n) is 11.5. The second-order valence-electron chi connectivity index (χ2n) is 8.64. The highest BCUT2D eigenvalue weighted by atomic mass is 19.1. The van der Waals surface area contributed by atoms with E-state index in [1.807, 2.05) is 54.3 Å². The van der Waals surface area contributed by atoms with E-state index in [4.69, 9.17) is 5.10 Å². The summed E-state index contributed by atoms with van der Waals surface area (Å²) in [4.78, 5) is 30.0. The number of nitrogens with zero attached hydrogens (tertiary/aromatic N) is 7. The summed E-state index contributed by atoms with van der Waals surface area (Å²) in [5.74, 6) is 0.524. The predicted molar refractivity (Wildman–Crippen MR) is 131 cm³/mol. The number of pyridine rings is 1. The number of carbonyl (C=O) groups excluding carboxylic acids is 1. The third-order valence-electron chi connectivity index (χ3n) is 6.19. The van der Waals surface area contributed by atoms with Crippen LogP contribution in [0.1, 0.15) is 11.3 Å². The van der Waals surface area contributed by atoms with Crippen molar-refractivity contribution in [2.24, 2.45) is 0 Å². The lowest BCUT2D eigenvalue weighted by Crippen LogP contribution is -2.50. The molecule has 1 aromatic carbocycles. The summed E-state index contributed by atoms with van der Waals surface area (Å²) in [7, 11) is 0. The van der Waals surface area contributed by atoms with Gasteiger partial charge in [-0.3, -0.25) is 14.5 Å². The maximum atomic E-state index is 13.7. The standard InChI is InChI=1S/C26H26FN7O/c1-18-12-22(28-15-21(18)27)23-14-24(20-6-4-3-5-7-20)34(31-23)16-26(35)33-10-8-32(9-11-33)25-13-19(2)29-17-30-25/h3-7,12-15,17H,8-11,16H2,1-2H3. The lowest BCUT2D eigenvalue weighted by atomic mass is 10.1. The van der Waals surface area contributed by atoms with Gasteiger partial charge in [0.05, 0.1) is 17.6 Å². The van der Waals surface area contributed by atoms with E-state index < -0.39 is 0 Å². The quantitative estimate of drug-likeness (QED) is 0.443. The number of rotatable bonds is 5. The molecule has 1 aliphatic rings. The molecule has 0 bridgehead atoms. The van der Waals surface area contributed by atoms with Gasteiger partial charge in [-0.25, -0.2) is 14.4 Å². The van der Waals surface area contributed by atoms with Gasteiger partial charge in [0.2, 0.25) is 5.91 Å². The Hall–Kier alpha value is -4.14. The molecule has 1 saturated heterocycles. The fourth-order valence-electron chi connectivity index (χ4n) is 4.21. The van der Waals surface area contributed by atoms with E-state index in [0.29, 0.717) is 43.1 Å². The van der Waals surface area contributed by atoms with Crippen LogP contribution in [0.2, 0.25) is 0 Å². The Kier molecular flexibility index (Phi) is 6.22. The van der Waals surface area contributed by atoms with Crippen LogP contribution in [0.25, 0.3) is 22.6 Å². The maximum absolute atomic E-state index is 13.7. The zero-order valence-corrected chi connectivity index (χ0v) is 19.7. The lowest BCUT2D eigenvalue weighted by Gasteiger charge is -2.35. The van der Waals surface area contributed by atoms with Gasteiger partial charge in [0.25, 0.3) is 0 Å². The highest BCUT2D eigenvalue weighted by molar-refractivity contribution is 5.78. The summed E-state index contributed by atoms with van der Waals surface area (Å²) >= 11 is 0. The molecule has 0 N–H and O–H groups in total. The lowest BCUT2D eigenvalue weighted by molar-refractivity contribution is -0.132. The molecule has 0 spiro atoms. The minimum absolute atomic E-state index is 0.00130. The largest absolute Gasteiger partial charge is 0.353 e. The summed E-state index contributed by atoms with van der Waals surface area (Å²) in [5.41, 5.74) is 4.35. The Bertz CT molecular complexity index is 1350. The van der Waals surface area contributed by atoms with E-state index in [-0.39, 0.29) is 18.3 Å². The molecule has 1 amide bonds. The molecular weight excluding hydrogens is 445 g/mol. The Balaban J connectivity index is 1.35. The molecule has 178 valence electrons. The number of anilines is 1. The van der Waals surface area contributed by atoms with Gasteiger partial charge in [0.1, 0.15) is 30.2 Å². The van der Waals surface area contributed by atoms with Gasteiger partial charge in [-0.2, -0.15) is 5.10 Å². The van der Waals surface area contributed by atoms with E-state index in [1.165, 1.54) is 6.20 Å². The van der Waals surface area contributed by atoms with Crippen molar-refractivity contribution in [2.45, 2.75) is 20.4 Å². The molecule has 4 aromatic rings. The van der Waals surface area contributed by atoms with Gasteiger partial charge in [-0.05, 0) is 37.1 Å². The summed E-state index contributed by atoms with van der Waals surface area (Å²) in [5, 5.41) is 4.69. The SMILES string of the molecule is Cc1cc(N2CCN(C(=O)Cn3nc(-c4cc(C)c(F)cn4)cc3-c3ccccc3)CC2)ncn1. The molecule has 5 rings (SSSR count). The van der Waals surface area contributed by atoms with Crippen LogP contribution >= 0.6 is 0 Å². The van der Waals surface area contributed by atoms with Crippen LogP contribution in [0.4, 0.5) is 10.2 Å². The molecule has 8 nitrogen and oxygen atoms in total. The van der Waals surface area contributed by atoms with Crippen LogP contribution in [0.5, 0.6) is 0 Å². The summed E-state index contributed by atoms with van der Waals surface area (Å²) in [6, 6.07) is 15.3. The number of aromatic nitrogens is 5. The molecule has 0 saturated carbocycles. The molecule has 1 aliphatic heterocycles. The highest BCUT2D eigenvalue weighted by Crippen LogP contribution is 2.26. The average Bonchev–Trinajstić information content (AvgIpc) is 3.30. The number of piperazine rings is 1. The third kappa shape index (κ3) is 4.89. The first kappa shape index (κ1) is 22.6. The number of hydrogen-bond donors (Lipinski definition) is 0. The molecule has 1 fully saturated rings. The average molecular weight is 472 g/mol. The first-order valence-corrected chi connectivity index (χ1v) is 11.5. The van der Waals surface area contributed by atoms with Crippen molar-refractivity contribution < 1.29 is 9.18 Å². The van der Waals surface area contributed by atoms with Gasteiger partial charge in [0.15, 0.2) is 0 Å². The minimum atomic E-state index is -0.358. The van der Waals surface area contributed by atoms with Crippen molar-refractivity contribution >= 4 is 11.7 Å². The van der Waals surface area contributed by atoms with Crippen LogP contribution in [0.15, 0.2) is 61.1 Å². The second kappa shape index (κ2) is 9.61. The van der Waals surface area contributed by atoms with E-state index in [2.05, 4.69) is 19.9 Å². The van der Waals surface area contributed by atoms with Gasteiger partial charge >= 0.3 is 0 Å². The number of benzene rings is 1. The first-order chi connectivity index (χ1) is 17.0. The van der Waals surface area contributed by atoms with Gasteiger partial charge in [-0.1, -0.05) is 30.3 Å². The molecule has 0 aliphatic carbocycles. The zero-order valence-electron chi connectivity index (χ0n) is 19.7. The number of hydrogen-bond acceptors (Lipinski definition) is 6. The number of aryl methyl sites for hydroxylation is 2. The fourth-order valence-corrected chi connectivity index (χ4v) is 4.21. The van der Waals surface area contributed by atoms with E-state index in [9.17, 15) is 9.18 Å². The molecule has 0 atom stereocenters. The van der Waals surface area contributed by atoms with Crippen LogP contribution in [-0.2, 0) is 11.3 Å². The molecule has 4 heterocycles. The molecular formula is C26H26FN7O. The van der Waals surface area contributed by atoms with Gasteiger partial charge < -0.3 is 9.80 Å². The Labute approximate surface area is 203 Å². The van der Waals surface area contributed by atoms with Gasteiger partial charge in [0, 0.05) is 37.9 Å². The maximum Gasteiger partial charge on any atom is 0.244 e. The van der Waals surface area contributed by atoms with Crippen LogP contribution in [0.3, 0.4) is 0 Å². The van der Waals surface area contributed by atoms with Crippen LogP contribution in [-0.4, -0.2) is 61.7 Å². The molecule has 9 heteroatoms. The summed E-state index contributed by atoms with van der Waals surface area (Å²) in [6.45, 7) is 6.37. The topological polar surface area (TPSA) is 80.0 Å². The van der Waals surface area contributed by atoms with Crippen molar-refractivity contribution in [3.8, 4) is 22.6 Å². The zero-order chi connectivity index (χ0) is 24.4. The molecule has 35 heavy (non-hydrogen) atoms. The van der Waals surface area contributed by atoms with Crippen LogP contribution < -0.4 is 4.90 Å². The number of amides is 1. The van der Waals surface area contributed by atoms with E-state index >= 15 is 0 Å². The van der Waals surface area contributed by atoms with Crippen molar-refractivity contribution in [3.05, 3.63) is 78.1 Å². The molecule has 3 aromatic heterocycles. The minimum Gasteiger partial charge on any atom is -0.353 e. The Morgan fingerprint density at radius 1 is 0.943 bits per heavy atom. The monoisotopic (exact) mass is 471 g/mol. The Morgan fingerprint density at radius 3 is 2.43 bits per heavy atom. The fraction of sp³-hybridized carbons (Fsp3) is 0.269. The van der Waals surface area contributed by atoms with Crippen LogP contribution in [0, 0.1) is 19.7 Å². The Morgan fingerprint density at radius 2 is 1.71 bits per heavy atom. The molecule has 0 unspecified atom stereocenters. The smallest absolute Gasteiger partial charge is 0.244 e. The predicted octanol–water partition coefficient (Wildman–Crippen LogP) is 3.51. The van der Waals surface area contributed by atoms with Crippen molar-refractivity contribution in [1.29, 1.82) is 0 Å². The third-order valence-corrected chi connectivity index (χ3v) is 6.19. The summed E-state index contributed by atoms with van der Waals surface area (Å²) in [6.07, 6.45) is 2.77. The number of halogens is 1. The second-order valence-corrected chi connectivity index (χ2v) is 8.64. The van der Waals surface area contributed by atoms with Crippen molar-refractivity contribution in [3.63, 3.8) is 0 Å². The van der Waals surface area contributed by atoms with E-state index in [0.717, 1.165) is 22.8 Å². The summed E-state index contributed by atoms with van der Waals surface area (Å²) < 4.78 is 15.5. The number of carbonyl (C=O) groups is 1. The van der Waals surface area contributed by atoms with Crippen molar-refractivity contribution in [2.75, 3.05) is 31.1 Å². The molecule has 0 radical (unpaired) electrons. The van der Waals surface area contributed by atoms with Gasteiger partial charge in [-0.15, -0.1) is 0 Å². The highest BCUT2D eigenvalue weighted by Gasteiger charge is 2.24. The normalized spacial score (nSPS) is 13.8. The van der Waals surface area contributed by atoms with Crippen molar-refractivity contribution in [1.82, 2.24) is 29.6 Å².